The molecule has 160 valence electrons. The molecule has 0 saturated carbocycles. The molecule has 2 amide bonds. The number of ether oxygens (including phenoxy) is 3. The molecule has 7 heteroatoms. The minimum absolute atomic E-state index is 0.110. The van der Waals surface area contributed by atoms with Crippen LogP contribution in [0.4, 0.5) is 4.79 Å². The van der Waals surface area contributed by atoms with Gasteiger partial charge in [0, 0.05) is 25.4 Å². The Hall–Kier alpha value is -2.38. The molecule has 29 heavy (non-hydrogen) atoms. The third-order valence-electron chi connectivity index (χ3n) is 4.78. The summed E-state index contributed by atoms with van der Waals surface area (Å²) in [4.78, 5) is 23.2. The molecule has 0 radical (unpaired) electrons. The number of methoxy groups -OCH3 is 1. The molecule has 1 aromatic carbocycles. The van der Waals surface area contributed by atoms with Crippen molar-refractivity contribution in [2.75, 3.05) is 20.3 Å². The van der Waals surface area contributed by atoms with Crippen molar-refractivity contribution in [3.05, 3.63) is 48.0 Å². The number of rotatable bonds is 10. The lowest BCUT2D eigenvalue weighted by molar-refractivity contribution is -0.224. The fourth-order valence-corrected chi connectivity index (χ4v) is 3.09. The van der Waals surface area contributed by atoms with E-state index >= 15 is 0 Å². The van der Waals surface area contributed by atoms with E-state index in [-0.39, 0.29) is 30.3 Å². The highest BCUT2D eigenvalue weighted by Crippen LogP contribution is 2.22. The largest absolute Gasteiger partial charge is 0.469 e. The Morgan fingerprint density at radius 2 is 2.00 bits per heavy atom. The molecule has 1 aromatic rings. The van der Waals surface area contributed by atoms with Gasteiger partial charge in [-0.05, 0) is 31.7 Å². The Labute approximate surface area is 172 Å². The summed E-state index contributed by atoms with van der Waals surface area (Å²) in [6.07, 6.45) is 6.58. The fourth-order valence-electron chi connectivity index (χ4n) is 3.09. The van der Waals surface area contributed by atoms with Crippen LogP contribution in [-0.4, -0.2) is 44.7 Å². The third kappa shape index (κ3) is 9.11. The van der Waals surface area contributed by atoms with Crippen molar-refractivity contribution in [1.29, 1.82) is 0 Å². The van der Waals surface area contributed by atoms with E-state index in [0.29, 0.717) is 26.1 Å². The summed E-state index contributed by atoms with van der Waals surface area (Å²) < 4.78 is 16.1. The first-order chi connectivity index (χ1) is 14.1. The van der Waals surface area contributed by atoms with Gasteiger partial charge in [0.25, 0.3) is 0 Å². The Morgan fingerprint density at radius 1 is 1.21 bits per heavy atom. The van der Waals surface area contributed by atoms with Crippen LogP contribution in [0.3, 0.4) is 0 Å². The smallest absolute Gasteiger partial charge is 0.315 e. The van der Waals surface area contributed by atoms with E-state index in [1.807, 2.05) is 37.3 Å². The standard InChI is InChI=1S/C22H32N2O5/c1-17-28-16-19(12-8-3-4-9-13-21(25)27-2)20(29-17)15-24-22(26)23-14-18-10-6-5-7-11-18/h3,5-8,10-11,17,19-20H,4,9,12-16H2,1-2H3,(H2,23,24,26)/t17-,19+,20+/m1/s1. The fraction of sp³-hybridized carbons (Fsp3) is 0.545. The highest BCUT2D eigenvalue weighted by molar-refractivity contribution is 5.73. The normalized spacial score (nSPS) is 21.7. The average Bonchev–Trinajstić information content (AvgIpc) is 2.74. The van der Waals surface area contributed by atoms with E-state index in [4.69, 9.17) is 9.47 Å². The molecule has 0 unspecified atom stereocenters. The number of esters is 1. The number of unbranched alkanes of at least 4 members (excludes halogenated alkanes) is 1. The minimum atomic E-state index is -0.283. The summed E-state index contributed by atoms with van der Waals surface area (Å²) in [6, 6.07) is 9.56. The van der Waals surface area contributed by atoms with Crippen molar-refractivity contribution in [2.45, 2.75) is 51.5 Å². The Morgan fingerprint density at radius 3 is 2.76 bits per heavy atom. The lowest BCUT2D eigenvalue weighted by atomic mass is 9.97. The van der Waals surface area contributed by atoms with Crippen molar-refractivity contribution in [3.8, 4) is 0 Å². The van der Waals surface area contributed by atoms with Gasteiger partial charge in [0.1, 0.15) is 0 Å². The first kappa shape index (κ1) is 22.9. The van der Waals surface area contributed by atoms with Crippen molar-refractivity contribution in [1.82, 2.24) is 10.6 Å². The molecule has 1 aliphatic heterocycles. The van der Waals surface area contributed by atoms with Crippen LogP contribution >= 0.6 is 0 Å². The monoisotopic (exact) mass is 404 g/mol. The number of hydrogen-bond donors (Lipinski definition) is 2. The van der Waals surface area contributed by atoms with Gasteiger partial charge in [-0.25, -0.2) is 4.79 Å². The second-order valence-corrected chi connectivity index (χ2v) is 7.06. The molecule has 1 fully saturated rings. The summed E-state index contributed by atoms with van der Waals surface area (Å²) in [6.45, 7) is 3.36. The first-order valence-corrected chi connectivity index (χ1v) is 10.1. The second kappa shape index (κ2) is 13.0. The number of amides is 2. The predicted octanol–water partition coefficient (Wildman–Crippen LogP) is 3.15. The molecule has 7 nitrogen and oxygen atoms in total. The SMILES string of the molecule is COC(=O)CCCC=CC[C@H]1CO[C@@H](C)O[C@H]1CNC(=O)NCc1ccccc1. The molecule has 1 saturated heterocycles. The molecular formula is C22H32N2O5. The zero-order chi connectivity index (χ0) is 20.9. The highest BCUT2D eigenvalue weighted by Gasteiger charge is 2.29. The van der Waals surface area contributed by atoms with Crippen LogP contribution in [0.5, 0.6) is 0 Å². The molecule has 0 aromatic heterocycles. The van der Waals surface area contributed by atoms with Gasteiger partial charge in [-0.1, -0.05) is 42.5 Å². The zero-order valence-electron chi connectivity index (χ0n) is 17.3. The summed E-state index contributed by atoms with van der Waals surface area (Å²) in [5, 5.41) is 5.75. The van der Waals surface area contributed by atoms with Gasteiger partial charge in [0.2, 0.25) is 0 Å². The number of benzene rings is 1. The second-order valence-electron chi connectivity index (χ2n) is 7.06. The number of nitrogens with one attached hydrogen (secondary N) is 2. The summed E-state index contributed by atoms with van der Waals surface area (Å²) >= 11 is 0. The molecule has 2 rings (SSSR count). The topological polar surface area (TPSA) is 85.9 Å². The maximum atomic E-state index is 12.1. The molecule has 0 spiro atoms. The van der Waals surface area contributed by atoms with E-state index in [1.165, 1.54) is 7.11 Å². The van der Waals surface area contributed by atoms with Crippen LogP contribution in [0.15, 0.2) is 42.5 Å². The maximum absolute atomic E-state index is 12.1. The molecule has 1 aliphatic rings. The average molecular weight is 405 g/mol. The van der Waals surface area contributed by atoms with Crippen molar-refractivity contribution >= 4 is 12.0 Å². The van der Waals surface area contributed by atoms with Crippen LogP contribution in [-0.2, 0) is 25.5 Å². The molecule has 0 aliphatic carbocycles. The minimum Gasteiger partial charge on any atom is -0.469 e. The predicted molar refractivity (Wildman–Crippen MR) is 110 cm³/mol. The van der Waals surface area contributed by atoms with Crippen LogP contribution in [0.25, 0.3) is 0 Å². The molecule has 2 N–H and O–H groups in total. The van der Waals surface area contributed by atoms with E-state index in [9.17, 15) is 9.59 Å². The van der Waals surface area contributed by atoms with Crippen molar-refractivity contribution in [2.24, 2.45) is 5.92 Å². The van der Waals surface area contributed by atoms with Crippen molar-refractivity contribution < 1.29 is 23.8 Å². The summed E-state index contributed by atoms with van der Waals surface area (Å²) in [7, 11) is 1.40. The van der Waals surface area contributed by atoms with Gasteiger partial charge in [-0.3, -0.25) is 4.79 Å². The van der Waals surface area contributed by atoms with Gasteiger partial charge in [-0.15, -0.1) is 0 Å². The van der Waals surface area contributed by atoms with Crippen LogP contribution in [0.1, 0.15) is 38.2 Å². The number of carbonyl (C=O) groups is 2. The van der Waals surface area contributed by atoms with Crippen LogP contribution < -0.4 is 10.6 Å². The number of carbonyl (C=O) groups excluding carboxylic acids is 2. The third-order valence-corrected chi connectivity index (χ3v) is 4.78. The zero-order valence-corrected chi connectivity index (χ0v) is 17.3. The lowest BCUT2D eigenvalue weighted by Crippen LogP contribution is -2.47. The lowest BCUT2D eigenvalue weighted by Gasteiger charge is -2.35. The van der Waals surface area contributed by atoms with Gasteiger partial charge in [0.05, 0.1) is 19.8 Å². The van der Waals surface area contributed by atoms with Gasteiger partial charge in [0.15, 0.2) is 6.29 Å². The first-order valence-electron chi connectivity index (χ1n) is 10.1. The number of urea groups is 1. The summed E-state index contributed by atoms with van der Waals surface area (Å²) in [5.41, 5.74) is 1.05. The van der Waals surface area contributed by atoms with Gasteiger partial charge in [-0.2, -0.15) is 0 Å². The summed E-state index contributed by atoms with van der Waals surface area (Å²) in [5.74, 6) is -0.0179. The van der Waals surface area contributed by atoms with E-state index in [1.54, 1.807) is 0 Å². The Bertz CT molecular complexity index is 650. The maximum Gasteiger partial charge on any atom is 0.315 e. The molecule has 3 atom stereocenters. The van der Waals surface area contributed by atoms with E-state index in [2.05, 4.69) is 27.5 Å². The van der Waals surface area contributed by atoms with Crippen molar-refractivity contribution in [3.63, 3.8) is 0 Å². The van der Waals surface area contributed by atoms with Crippen LogP contribution in [0, 0.1) is 5.92 Å². The Kier molecular flexibility index (Phi) is 10.2. The van der Waals surface area contributed by atoms with E-state index in [0.717, 1.165) is 24.8 Å². The molecular weight excluding hydrogens is 372 g/mol. The quantitative estimate of drug-likeness (QED) is 0.355. The number of hydrogen-bond acceptors (Lipinski definition) is 5. The van der Waals surface area contributed by atoms with E-state index < -0.39 is 0 Å². The number of allylic oxidation sites excluding steroid dienone is 2. The molecule has 0 bridgehead atoms. The highest BCUT2D eigenvalue weighted by atomic mass is 16.7. The van der Waals surface area contributed by atoms with Gasteiger partial charge < -0.3 is 24.8 Å². The van der Waals surface area contributed by atoms with Gasteiger partial charge >= 0.3 is 12.0 Å². The molecule has 1 heterocycles. The van der Waals surface area contributed by atoms with Crippen LogP contribution in [0.2, 0.25) is 0 Å². The Balaban J connectivity index is 1.71.